The summed E-state index contributed by atoms with van der Waals surface area (Å²) in [5.74, 6) is 0.0207. The number of rotatable bonds is 3. The largest absolute Gasteiger partial charge is 0.440 e. The first-order chi connectivity index (χ1) is 8.04. The molecule has 0 N–H and O–H groups in total. The smallest absolute Gasteiger partial charge is 0.276 e. The average molecular weight is 255 g/mol. The third-order valence-corrected chi connectivity index (χ3v) is 4.45. The van der Waals surface area contributed by atoms with Crippen LogP contribution >= 0.6 is 0 Å². The summed E-state index contributed by atoms with van der Waals surface area (Å²) in [5.41, 5.74) is 1.18. The van der Waals surface area contributed by atoms with Crippen LogP contribution < -0.4 is 0 Å². The molecule has 92 valence electrons. The number of carbonyl (C=O) groups is 1. The van der Waals surface area contributed by atoms with Crippen LogP contribution in [0.2, 0.25) is 0 Å². The molecule has 5 nitrogen and oxygen atoms in total. The summed E-state index contributed by atoms with van der Waals surface area (Å²) in [7, 11) is -3.61. The van der Waals surface area contributed by atoms with Gasteiger partial charge in [-0.2, -0.15) is 4.31 Å². The van der Waals surface area contributed by atoms with Crippen molar-refractivity contribution < 1.29 is 17.6 Å². The van der Waals surface area contributed by atoms with Crippen molar-refractivity contribution in [3.8, 4) is 0 Å². The van der Waals surface area contributed by atoms with Gasteiger partial charge in [-0.15, -0.1) is 0 Å². The van der Waals surface area contributed by atoms with Crippen LogP contribution in [0.3, 0.4) is 0 Å². The molecule has 0 aromatic carbocycles. The van der Waals surface area contributed by atoms with E-state index < -0.39 is 10.0 Å². The highest BCUT2D eigenvalue weighted by atomic mass is 32.2. The van der Waals surface area contributed by atoms with Crippen LogP contribution in [-0.4, -0.2) is 32.1 Å². The van der Waals surface area contributed by atoms with Crippen molar-refractivity contribution in [2.75, 3.05) is 13.1 Å². The number of sulfonamides is 1. The van der Waals surface area contributed by atoms with E-state index in [1.807, 2.05) is 13.0 Å². The minimum atomic E-state index is -3.61. The second-order valence-corrected chi connectivity index (χ2v) is 5.81. The van der Waals surface area contributed by atoms with E-state index in [0.717, 1.165) is 6.42 Å². The Balaban J connectivity index is 2.27. The lowest BCUT2D eigenvalue weighted by Gasteiger charge is -2.23. The monoisotopic (exact) mass is 255 g/mol. The third kappa shape index (κ3) is 2.32. The van der Waals surface area contributed by atoms with E-state index in [4.69, 9.17) is 4.42 Å². The van der Waals surface area contributed by atoms with Gasteiger partial charge in [0.1, 0.15) is 0 Å². The van der Waals surface area contributed by atoms with E-state index >= 15 is 0 Å². The molecule has 1 aromatic heterocycles. The van der Waals surface area contributed by atoms with Gasteiger partial charge in [0.25, 0.3) is 10.0 Å². The van der Waals surface area contributed by atoms with Gasteiger partial charge in [-0.3, -0.25) is 4.79 Å². The van der Waals surface area contributed by atoms with Crippen LogP contribution in [-0.2, 0) is 10.0 Å². The summed E-state index contributed by atoms with van der Waals surface area (Å²) in [6.45, 7) is 2.77. The first-order valence-corrected chi connectivity index (χ1v) is 6.69. The Bertz CT molecular complexity index is 556. The fourth-order valence-electron chi connectivity index (χ4n) is 1.63. The van der Waals surface area contributed by atoms with Crippen LogP contribution in [0.5, 0.6) is 0 Å². The summed E-state index contributed by atoms with van der Waals surface area (Å²) < 4.78 is 30.5. The standard InChI is InChI=1S/C11H13NO4S/c1-9-4-6-12(7-5-9)17(14,15)11-3-2-10(8-13)16-11/h2-4,8H,5-7H2,1H3. The zero-order chi connectivity index (χ0) is 12.5. The summed E-state index contributed by atoms with van der Waals surface area (Å²) in [5, 5.41) is -0.174. The minimum Gasteiger partial charge on any atom is -0.440 e. The van der Waals surface area contributed by atoms with Crippen molar-refractivity contribution in [3.05, 3.63) is 29.5 Å². The van der Waals surface area contributed by atoms with Crippen molar-refractivity contribution in [3.63, 3.8) is 0 Å². The molecule has 0 unspecified atom stereocenters. The summed E-state index contributed by atoms with van der Waals surface area (Å²) in [4.78, 5) is 10.5. The predicted molar refractivity (Wildman–Crippen MR) is 61.2 cm³/mol. The molecule has 0 saturated carbocycles. The number of hydrogen-bond donors (Lipinski definition) is 0. The van der Waals surface area contributed by atoms with Crippen LogP contribution in [0.15, 0.2) is 33.3 Å². The average Bonchev–Trinajstić information content (AvgIpc) is 2.78. The van der Waals surface area contributed by atoms with E-state index in [1.54, 1.807) is 0 Å². The van der Waals surface area contributed by atoms with Crippen LogP contribution in [0.4, 0.5) is 0 Å². The molecular formula is C11H13NO4S. The second kappa shape index (κ2) is 4.46. The van der Waals surface area contributed by atoms with Gasteiger partial charge in [-0.1, -0.05) is 11.6 Å². The van der Waals surface area contributed by atoms with Crippen LogP contribution in [0.1, 0.15) is 23.9 Å². The van der Waals surface area contributed by atoms with Gasteiger partial charge < -0.3 is 4.42 Å². The fourth-order valence-corrected chi connectivity index (χ4v) is 2.93. The van der Waals surface area contributed by atoms with Gasteiger partial charge in [-0.25, -0.2) is 8.42 Å². The molecule has 0 amide bonds. The number of nitrogens with zero attached hydrogens (tertiary/aromatic N) is 1. The Morgan fingerprint density at radius 3 is 2.71 bits per heavy atom. The van der Waals surface area contributed by atoms with E-state index in [1.165, 1.54) is 22.0 Å². The zero-order valence-corrected chi connectivity index (χ0v) is 10.2. The Morgan fingerprint density at radius 2 is 2.18 bits per heavy atom. The Hall–Kier alpha value is -1.40. The maximum absolute atomic E-state index is 12.1. The Morgan fingerprint density at radius 1 is 1.41 bits per heavy atom. The molecule has 0 radical (unpaired) electrons. The van der Waals surface area contributed by atoms with Crippen molar-refractivity contribution in [1.29, 1.82) is 0 Å². The number of aldehydes is 1. The molecule has 1 aromatic rings. The lowest BCUT2D eigenvalue weighted by molar-refractivity contribution is 0.109. The summed E-state index contributed by atoms with van der Waals surface area (Å²) in [6.07, 6.45) is 3.09. The first-order valence-electron chi connectivity index (χ1n) is 5.25. The van der Waals surface area contributed by atoms with Gasteiger partial charge in [0.05, 0.1) is 0 Å². The second-order valence-electron chi connectivity index (χ2n) is 3.94. The van der Waals surface area contributed by atoms with Gasteiger partial charge in [-0.05, 0) is 25.5 Å². The van der Waals surface area contributed by atoms with Crippen molar-refractivity contribution in [1.82, 2.24) is 4.31 Å². The van der Waals surface area contributed by atoms with Crippen LogP contribution in [0, 0.1) is 0 Å². The topological polar surface area (TPSA) is 67.6 Å². The SMILES string of the molecule is CC1=CCN(S(=O)(=O)c2ccc(C=O)o2)CC1. The fraction of sp³-hybridized carbons (Fsp3) is 0.364. The first kappa shape index (κ1) is 12.1. The molecule has 2 rings (SSSR count). The van der Waals surface area contributed by atoms with E-state index in [9.17, 15) is 13.2 Å². The molecule has 1 aliphatic rings. The summed E-state index contributed by atoms with van der Waals surface area (Å²) in [6, 6.07) is 2.66. The van der Waals surface area contributed by atoms with E-state index in [2.05, 4.69) is 0 Å². The molecule has 0 bridgehead atoms. The Kier molecular flexibility index (Phi) is 3.17. The molecular weight excluding hydrogens is 242 g/mol. The van der Waals surface area contributed by atoms with Gasteiger partial charge in [0.2, 0.25) is 5.09 Å². The minimum absolute atomic E-state index is 0.0207. The van der Waals surface area contributed by atoms with E-state index in [0.29, 0.717) is 19.4 Å². The third-order valence-electron chi connectivity index (χ3n) is 2.71. The van der Waals surface area contributed by atoms with Gasteiger partial charge >= 0.3 is 0 Å². The highest BCUT2D eigenvalue weighted by Crippen LogP contribution is 2.21. The lowest BCUT2D eigenvalue weighted by Crippen LogP contribution is -2.34. The van der Waals surface area contributed by atoms with E-state index in [-0.39, 0.29) is 10.9 Å². The molecule has 17 heavy (non-hydrogen) atoms. The van der Waals surface area contributed by atoms with Gasteiger partial charge in [0.15, 0.2) is 12.0 Å². The summed E-state index contributed by atoms with van der Waals surface area (Å²) >= 11 is 0. The molecule has 0 aliphatic carbocycles. The number of carbonyl (C=O) groups excluding carboxylic acids is 1. The quantitative estimate of drug-likeness (QED) is 0.605. The lowest BCUT2D eigenvalue weighted by atomic mass is 10.1. The van der Waals surface area contributed by atoms with Crippen molar-refractivity contribution in [2.24, 2.45) is 0 Å². The normalized spacial score (nSPS) is 17.8. The molecule has 6 heteroatoms. The highest BCUT2D eigenvalue weighted by Gasteiger charge is 2.28. The number of furan rings is 1. The predicted octanol–water partition coefficient (Wildman–Crippen LogP) is 1.43. The molecule has 0 atom stereocenters. The van der Waals surface area contributed by atoms with Gasteiger partial charge in [0, 0.05) is 13.1 Å². The zero-order valence-electron chi connectivity index (χ0n) is 9.42. The van der Waals surface area contributed by atoms with Crippen molar-refractivity contribution in [2.45, 2.75) is 18.4 Å². The molecule has 0 saturated heterocycles. The Labute approximate surface area is 99.8 Å². The van der Waals surface area contributed by atoms with Crippen LogP contribution in [0.25, 0.3) is 0 Å². The molecule has 0 spiro atoms. The molecule has 0 fully saturated rings. The number of hydrogen-bond acceptors (Lipinski definition) is 4. The molecule has 1 aliphatic heterocycles. The maximum atomic E-state index is 12.1. The molecule has 2 heterocycles. The van der Waals surface area contributed by atoms with Crippen molar-refractivity contribution >= 4 is 16.3 Å². The maximum Gasteiger partial charge on any atom is 0.276 e. The highest BCUT2D eigenvalue weighted by molar-refractivity contribution is 7.89.